The van der Waals surface area contributed by atoms with Crippen molar-refractivity contribution in [1.29, 1.82) is 0 Å². The number of carbonyl (C=O) groups is 1. The molecular weight excluding hydrogens is 302 g/mol. The second kappa shape index (κ2) is 5.81. The maximum absolute atomic E-state index is 12.6. The lowest BCUT2D eigenvalue weighted by atomic mass is 10.0. The summed E-state index contributed by atoms with van der Waals surface area (Å²) in [5.74, 6) is 0.136. The number of amides is 1. The average Bonchev–Trinajstić information content (AvgIpc) is 2.35. The minimum atomic E-state index is -3.30. The van der Waals surface area contributed by atoms with Crippen molar-refractivity contribution in [3.8, 4) is 0 Å². The van der Waals surface area contributed by atoms with Crippen LogP contribution >= 0.6 is 11.6 Å². The van der Waals surface area contributed by atoms with Crippen LogP contribution in [0.25, 0.3) is 0 Å². The summed E-state index contributed by atoms with van der Waals surface area (Å²) in [7, 11) is -3.30. The molecule has 2 fully saturated rings. The van der Waals surface area contributed by atoms with Gasteiger partial charge in [0.15, 0.2) is 9.84 Å². The van der Waals surface area contributed by atoms with Gasteiger partial charge < -0.3 is 9.64 Å². The molecule has 116 valence electrons. The molecular formula is C13H22ClNO4S. The Morgan fingerprint density at radius 1 is 1.40 bits per heavy atom. The summed E-state index contributed by atoms with van der Waals surface area (Å²) in [5, 5.41) is -0.874. The molecule has 7 heteroatoms. The van der Waals surface area contributed by atoms with Crippen molar-refractivity contribution in [2.24, 2.45) is 0 Å². The molecule has 2 atom stereocenters. The van der Waals surface area contributed by atoms with Crippen LogP contribution in [0.5, 0.6) is 0 Å². The molecule has 0 aromatic rings. The largest absolute Gasteiger partial charge is 0.367 e. The van der Waals surface area contributed by atoms with E-state index in [4.69, 9.17) is 16.3 Å². The second-order valence-electron chi connectivity index (χ2n) is 6.22. The quantitative estimate of drug-likeness (QED) is 0.716. The van der Waals surface area contributed by atoms with Crippen LogP contribution in [0.15, 0.2) is 0 Å². The predicted molar refractivity (Wildman–Crippen MR) is 77.7 cm³/mol. The third-order valence-corrected chi connectivity index (χ3v) is 6.33. The van der Waals surface area contributed by atoms with Crippen molar-refractivity contribution in [3.05, 3.63) is 0 Å². The van der Waals surface area contributed by atoms with E-state index >= 15 is 0 Å². The molecule has 0 spiro atoms. The van der Waals surface area contributed by atoms with Crippen molar-refractivity contribution < 1.29 is 17.9 Å². The molecule has 2 rings (SSSR count). The van der Waals surface area contributed by atoms with Gasteiger partial charge in [0, 0.05) is 13.1 Å². The van der Waals surface area contributed by atoms with E-state index in [9.17, 15) is 13.2 Å². The smallest absolute Gasteiger partial charge is 0.241 e. The average molecular weight is 324 g/mol. The van der Waals surface area contributed by atoms with Gasteiger partial charge in [-0.2, -0.15) is 0 Å². The highest BCUT2D eigenvalue weighted by atomic mass is 35.5. The number of rotatable bonds is 2. The fraction of sp³-hybridized carbons (Fsp3) is 0.923. The topological polar surface area (TPSA) is 63.7 Å². The number of ether oxygens (including phenoxy) is 1. The molecule has 0 saturated carbocycles. The maximum atomic E-state index is 12.6. The van der Waals surface area contributed by atoms with Gasteiger partial charge in [-0.05, 0) is 26.7 Å². The van der Waals surface area contributed by atoms with Gasteiger partial charge in [-0.25, -0.2) is 8.42 Å². The molecule has 2 saturated heterocycles. The molecule has 0 radical (unpaired) electrons. The number of hydrogen-bond donors (Lipinski definition) is 0. The Hall–Kier alpha value is -0.330. The summed E-state index contributed by atoms with van der Waals surface area (Å²) in [6, 6.07) is 0. The van der Waals surface area contributed by atoms with E-state index in [0.717, 1.165) is 6.42 Å². The van der Waals surface area contributed by atoms with Crippen LogP contribution in [0, 0.1) is 0 Å². The van der Waals surface area contributed by atoms with Crippen molar-refractivity contribution in [3.63, 3.8) is 0 Å². The zero-order valence-corrected chi connectivity index (χ0v) is 13.5. The molecule has 5 nitrogen and oxygen atoms in total. The molecule has 0 aromatic heterocycles. The molecule has 20 heavy (non-hydrogen) atoms. The Morgan fingerprint density at radius 2 is 2.10 bits per heavy atom. The lowest BCUT2D eigenvalue weighted by Crippen LogP contribution is -2.58. The summed E-state index contributed by atoms with van der Waals surface area (Å²) in [5.41, 5.74) is -0.494. The standard InChI is InChI=1S/C13H22ClNO4S/c1-13(2)9-15(8-10(7-14)19-13)12(16)11-5-3-4-6-20(11,17)18/h10-11H,3-9H2,1-2H3. The molecule has 0 aromatic carbocycles. The van der Waals surface area contributed by atoms with Crippen LogP contribution in [0.1, 0.15) is 33.1 Å². The lowest BCUT2D eigenvalue weighted by molar-refractivity contribution is -0.157. The number of halogens is 1. The van der Waals surface area contributed by atoms with Gasteiger partial charge in [0.25, 0.3) is 0 Å². The summed E-state index contributed by atoms with van der Waals surface area (Å²) < 4.78 is 29.9. The fourth-order valence-corrected chi connectivity index (χ4v) is 5.01. The van der Waals surface area contributed by atoms with Crippen LogP contribution in [0.3, 0.4) is 0 Å². The van der Waals surface area contributed by atoms with E-state index in [-0.39, 0.29) is 17.8 Å². The van der Waals surface area contributed by atoms with E-state index in [2.05, 4.69) is 0 Å². The van der Waals surface area contributed by atoms with Gasteiger partial charge in [0.2, 0.25) is 5.91 Å². The first-order valence-electron chi connectivity index (χ1n) is 6.99. The summed E-state index contributed by atoms with van der Waals surface area (Å²) in [6.07, 6.45) is 1.65. The molecule has 1 amide bonds. The first kappa shape index (κ1) is 16.0. The van der Waals surface area contributed by atoms with Crippen molar-refractivity contribution in [2.45, 2.75) is 50.1 Å². The third kappa shape index (κ3) is 3.46. The third-order valence-electron chi connectivity index (χ3n) is 3.82. The number of sulfone groups is 1. The Labute approximate surface area is 125 Å². The Bertz CT molecular complexity index is 477. The normalized spacial score (nSPS) is 32.9. The minimum Gasteiger partial charge on any atom is -0.367 e. The van der Waals surface area contributed by atoms with Crippen LogP contribution < -0.4 is 0 Å². The second-order valence-corrected chi connectivity index (χ2v) is 8.84. The monoisotopic (exact) mass is 323 g/mol. The number of carbonyl (C=O) groups excluding carboxylic acids is 1. The number of hydrogen-bond acceptors (Lipinski definition) is 4. The van der Waals surface area contributed by atoms with Gasteiger partial charge >= 0.3 is 0 Å². The molecule has 0 N–H and O–H groups in total. The SMILES string of the molecule is CC1(C)CN(C(=O)C2CCCCS2(=O)=O)CC(CCl)O1. The number of nitrogens with zero attached hydrogens (tertiary/aromatic N) is 1. The number of morpholine rings is 1. The fourth-order valence-electron chi connectivity index (χ4n) is 2.98. The van der Waals surface area contributed by atoms with E-state index in [1.807, 2.05) is 13.8 Å². The van der Waals surface area contributed by atoms with Crippen molar-refractivity contribution >= 4 is 27.3 Å². The van der Waals surface area contributed by atoms with Gasteiger partial charge in [0.05, 0.1) is 23.3 Å². The van der Waals surface area contributed by atoms with Crippen LogP contribution in [-0.2, 0) is 19.4 Å². The maximum Gasteiger partial charge on any atom is 0.241 e. The highest BCUT2D eigenvalue weighted by Crippen LogP contribution is 2.26. The van der Waals surface area contributed by atoms with Crippen LogP contribution in [0.2, 0.25) is 0 Å². The Balaban J connectivity index is 2.15. The first-order valence-corrected chi connectivity index (χ1v) is 9.24. The predicted octanol–water partition coefficient (Wildman–Crippen LogP) is 1.20. The van der Waals surface area contributed by atoms with Crippen LogP contribution in [0.4, 0.5) is 0 Å². The van der Waals surface area contributed by atoms with Crippen molar-refractivity contribution in [1.82, 2.24) is 4.90 Å². The van der Waals surface area contributed by atoms with Gasteiger partial charge in [0.1, 0.15) is 5.25 Å². The van der Waals surface area contributed by atoms with Crippen molar-refractivity contribution in [2.75, 3.05) is 24.7 Å². The summed E-state index contributed by atoms with van der Waals surface area (Å²) in [6.45, 7) is 4.56. The Morgan fingerprint density at radius 3 is 2.70 bits per heavy atom. The molecule has 2 unspecified atom stereocenters. The minimum absolute atomic E-state index is 0.121. The molecule has 2 heterocycles. The van der Waals surface area contributed by atoms with E-state index in [1.54, 1.807) is 4.90 Å². The molecule has 2 aliphatic heterocycles. The summed E-state index contributed by atoms with van der Waals surface area (Å²) >= 11 is 5.84. The van der Waals surface area contributed by atoms with Gasteiger partial charge in [-0.3, -0.25) is 4.79 Å². The van der Waals surface area contributed by atoms with Crippen LogP contribution in [-0.4, -0.2) is 60.9 Å². The molecule has 0 bridgehead atoms. The zero-order chi connectivity index (χ0) is 15.0. The zero-order valence-electron chi connectivity index (χ0n) is 12.0. The molecule has 2 aliphatic rings. The lowest BCUT2D eigenvalue weighted by Gasteiger charge is -2.43. The Kier molecular flexibility index (Phi) is 4.66. The van der Waals surface area contributed by atoms with E-state index in [0.29, 0.717) is 31.8 Å². The summed E-state index contributed by atoms with van der Waals surface area (Å²) in [4.78, 5) is 14.2. The van der Waals surface area contributed by atoms with E-state index < -0.39 is 20.7 Å². The highest BCUT2D eigenvalue weighted by Gasteiger charge is 2.42. The highest BCUT2D eigenvalue weighted by molar-refractivity contribution is 7.92. The number of alkyl halides is 1. The first-order chi connectivity index (χ1) is 9.25. The molecule has 0 aliphatic carbocycles. The van der Waals surface area contributed by atoms with E-state index in [1.165, 1.54) is 0 Å². The van der Waals surface area contributed by atoms with Gasteiger partial charge in [-0.15, -0.1) is 11.6 Å². The van der Waals surface area contributed by atoms with Gasteiger partial charge in [-0.1, -0.05) is 6.42 Å².